The monoisotopic (exact) mass is 287 g/mol. The Morgan fingerprint density at radius 2 is 2.06 bits per heavy atom. The Labute approximate surface area is 118 Å². The van der Waals surface area contributed by atoms with Crippen molar-refractivity contribution in [3.63, 3.8) is 0 Å². The second-order valence-corrected chi connectivity index (χ2v) is 5.40. The van der Waals surface area contributed by atoms with Gasteiger partial charge in [-0.05, 0) is 44.6 Å². The molecular weight excluding hydrogens is 269 g/mol. The predicted octanol–water partition coefficient (Wildman–Crippen LogP) is 2.96. The average Bonchev–Trinajstić information content (AvgIpc) is 2.41. The molecule has 1 saturated heterocycles. The van der Waals surface area contributed by atoms with E-state index in [1.54, 1.807) is 6.07 Å². The minimum absolute atomic E-state index is 0.510. The first-order chi connectivity index (χ1) is 8.70. The molecule has 0 spiro atoms. The van der Waals surface area contributed by atoms with E-state index < -0.39 is 0 Å². The third-order valence-corrected chi connectivity index (χ3v) is 4.02. The number of nitrogens with one attached hydrogen (secondary N) is 1. The van der Waals surface area contributed by atoms with Gasteiger partial charge in [0.05, 0.1) is 10.7 Å². The highest BCUT2D eigenvalue weighted by molar-refractivity contribution is 6.32. The van der Waals surface area contributed by atoms with Crippen LogP contribution in [0, 0.1) is 0 Å². The zero-order chi connectivity index (χ0) is 13.0. The number of nitrogens with zero attached hydrogens (tertiary/aromatic N) is 2. The minimum atomic E-state index is 0.510. The summed E-state index contributed by atoms with van der Waals surface area (Å²) >= 11 is 12.1. The molecule has 0 amide bonds. The summed E-state index contributed by atoms with van der Waals surface area (Å²) in [4.78, 5) is 6.77. The van der Waals surface area contributed by atoms with Gasteiger partial charge in [0.2, 0.25) is 0 Å². The molecule has 0 atom stereocenters. The summed E-state index contributed by atoms with van der Waals surface area (Å²) in [5.41, 5.74) is 0.879. The molecule has 2 rings (SSSR count). The molecule has 1 N–H and O–H groups in total. The maximum atomic E-state index is 6.18. The number of piperidine rings is 1. The number of pyridine rings is 1. The summed E-state index contributed by atoms with van der Waals surface area (Å²) in [5, 5.41) is 4.60. The van der Waals surface area contributed by atoms with Crippen molar-refractivity contribution < 1.29 is 0 Å². The Morgan fingerprint density at radius 3 is 2.72 bits per heavy atom. The van der Waals surface area contributed by atoms with Crippen molar-refractivity contribution in [2.75, 3.05) is 19.6 Å². The van der Waals surface area contributed by atoms with Crippen LogP contribution < -0.4 is 5.32 Å². The first-order valence-corrected chi connectivity index (χ1v) is 7.22. The predicted molar refractivity (Wildman–Crippen MR) is 76.2 cm³/mol. The molecule has 0 bridgehead atoms. The highest BCUT2D eigenvalue weighted by atomic mass is 35.5. The molecule has 3 nitrogen and oxygen atoms in total. The normalized spacial score (nSPS) is 17.3. The van der Waals surface area contributed by atoms with Crippen molar-refractivity contribution in [3.05, 3.63) is 28.0 Å². The zero-order valence-corrected chi connectivity index (χ0v) is 12.1. The summed E-state index contributed by atoms with van der Waals surface area (Å²) in [7, 11) is 0. The van der Waals surface area contributed by atoms with Crippen LogP contribution in [-0.2, 0) is 6.54 Å². The van der Waals surface area contributed by atoms with E-state index in [1.807, 2.05) is 6.07 Å². The minimum Gasteiger partial charge on any atom is -0.317 e. The van der Waals surface area contributed by atoms with Crippen LogP contribution in [0.2, 0.25) is 10.2 Å². The van der Waals surface area contributed by atoms with E-state index in [1.165, 1.54) is 12.8 Å². The Bertz CT molecular complexity index is 392. The van der Waals surface area contributed by atoms with Crippen LogP contribution in [0.5, 0.6) is 0 Å². The second-order valence-electron chi connectivity index (χ2n) is 4.61. The van der Waals surface area contributed by atoms with Gasteiger partial charge in [-0.3, -0.25) is 4.90 Å². The molecule has 0 radical (unpaired) electrons. The Morgan fingerprint density at radius 1 is 1.33 bits per heavy atom. The quantitative estimate of drug-likeness (QED) is 0.863. The molecule has 1 aliphatic rings. The second kappa shape index (κ2) is 6.71. The molecule has 2 heterocycles. The number of hydrogen-bond donors (Lipinski definition) is 1. The van der Waals surface area contributed by atoms with Gasteiger partial charge < -0.3 is 5.32 Å². The van der Waals surface area contributed by atoms with Gasteiger partial charge in [0, 0.05) is 12.6 Å². The molecule has 5 heteroatoms. The average molecular weight is 288 g/mol. The number of hydrogen-bond acceptors (Lipinski definition) is 3. The van der Waals surface area contributed by atoms with Gasteiger partial charge in [0.15, 0.2) is 0 Å². The van der Waals surface area contributed by atoms with Gasteiger partial charge >= 0.3 is 0 Å². The molecule has 0 unspecified atom stereocenters. The van der Waals surface area contributed by atoms with Gasteiger partial charge in [-0.2, -0.15) is 0 Å². The number of rotatable bonds is 4. The van der Waals surface area contributed by atoms with E-state index in [0.717, 1.165) is 31.9 Å². The third-order valence-electron chi connectivity index (χ3n) is 3.47. The molecule has 1 aliphatic heterocycles. The van der Waals surface area contributed by atoms with Gasteiger partial charge in [-0.25, -0.2) is 4.98 Å². The van der Waals surface area contributed by atoms with Crippen molar-refractivity contribution in [2.24, 2.45) is 0 Å². The van der Waals surface area contributed by atoms with E-state index in [0.29, 0.717) is 16.2 Å². The van der Waals surface area contributed by atoms with Crippen LogP contribution in [0.15, 0.2) is 12.1 Å². The first-order valence-electron chi connectivity index (χ1n) is 6.46. The van der Waals surface area contributed by atoms with E-state index in [9.17, 15) is 0 Å². The summed E-state index contributed by atoms with van der Waals surface area (Å²) < 4.78 is 0. The van der Waals surface area contributed by atoms with Crippen LogP contribution in [0.4, 0.5) is 0 Å². The molecule has 0 aliphatic carbocycles. The van der Waals surface area contributed by atoms with Gasteiger partial charge in [0.1, 0.15) is 5.15 Å². The largest absolute Gasteiger partial charge is 0.317 e. The highest BCUT2D eigenvalue weighted by Gasteiger charge is 2.20. The van der Waals surface area contributed by atoms with Crippen LogP contribution in [0.1, 0.15) is 25.5 Å². The third kappa shape index (κ3) is 3.58. The van der Waals surface area contributed by atoms with E-state index >= 15 is 0 Å². The van der Waals surface area contributed by atoms with E-state index in [4.69, 9.17) is 23.2 Å². The lowest BCUT2D eigenvalue weighted by Crippen LogP contribution is -2.42. The number of aromatic nitrogens is 1. The molecule has 0 saturated carbocycles. The SMILES string of the molecule is CCN(Cc1nc(Cl)ccc1Cl)C1CCNCC1. The molecule has 1 fully saturated rings. The topological polar surface area (TPSA) is 28.2 Å². The van der Waals surface area contributed by atoms with Gasteiger partial charge in [0.25, 0.3) is 0 Å². The summed E-state index contributed by atoms with van der Waals surface area (Å²) in [6.07, 6.45) is 2.37. The van der Waals surface area contributed by atoms with Crippen molar-refractivity contribution in [3.8, 4) is 0 Å². The van der Waals surface area contributed by atoms with E-state index in [2.05, 4.69) is 22.1 Å². The molecule has 100 valence electrons. The standard InChI is InChI=1S/C13H19Cl2N3/c1-2-18(10-5-7-16-8-6-10)9-12-11(14)3-4-13(15)17-12/h3-4,10,16H,2,5-9H2,1H3. The maximum absolute atomic E-state index is 6.18. The van der Waals surface area contributed by atoms with Crippen molar-refractivity contribution in [1.82, 2.24) is 15.2 Å². The van der Waals surface area contributed by atoms with Crippen LogP contribution in [0.3, 0.4) is 0 Å². The van der Waals surface area contributed by atoms with Crippen molar-refractivity contribution >= 4 is 23.2 Å². The fourth-order valence-electron chi connectivity index (χ4n) is 2.43. The van der Waals surface area contributed by atoms with Gasteiger partial charge in [-0.15, -0.1) is 0 Å². The Kier molecular flexibility index (Phi) is 5.25. The van der Waals surface area contributed by atoms with Gasteiger partial charge in [-0.1, -0.05) is 30.1 Å². The van der Waals surface area contributed by atoms with Crippen LogP contribution >= 0.6 is 23.2 Å². The number of halogens is 2. The lowest BCUT2D eigenvalue weighted by atomic mass is 10.0. The van der Waals surface area contributed by atoms with E-state index in [-0.39, 0.29) is 0 Å². The summed E-state index contributed by atoms with van der Waals surface area (Å²) in [6, 6.07) is 4.17. The van der Waals surface area contributed by atoms with Crippen LogP contribution in [0.25, 0.3) is 0 Å². The fourth-order valence-corrected chi connectivity index (χ4v) is 2.76. The summed E-state index contributed by atoms with van der Waals surface area (Å²) in [5.74, 6) is 0. The zero-order valence-electron chi connectivity index (χ0n) is 10.6. The fraction of sp³-hybridized carbons (Fsp3) is 0.615. The van der Waals surface area contributed by atoms with Crippen LogP contribution in [-0.4, -0.2) is 35.6 Å². The lowest BCUT2D eigenvalue weighted by Gasteiger charge is -2.33. The Balaban J connectivity index is 2.06. The maximum Gasteiger partial charge on any atom is 0.129 e. The Hall–Kier alpha value is -0.350. The molecule has 0 aromatic carbocycles. The first kappa shape index (κ1) is 14.1. The highest BCUT2D eigenvalue weighted by Crippen LogP contribution is 2.21. The lowest BCUT2D eigenvalue weighted by molar-refractivity contribution is 0.160. The summed E-state index contributed by atoms with van der Waals surface area (Å²) in [6.45, 7) is 6.16. The van der Waals surface area contributed by atoms with Crippen molar-refractivity contribution in [1.29, 1.82) is 0 Å². The molecule has 1 aromatic heterocycles. The van der Waals surface area contributed by atoms with Crippen molar-refractivity contribution in [2.45, 2.75) is 32.4 Å². The smallest absolute Gasteiger partial charge is 0.129 e. The molecule has 1 aromatic rings. The molecule has 18 heavy (non-hydrogen) atoms. The molecular formula is C13H19Cl2N3.